The van der Waals surface area contributed by atoms with E-state index in [9.17, 15) is 18.0 Å². The number of hydrogen-bond acceptors (Lipinski definition) is 5. The standard InChI is InChI=1S/C25H23NO5S.CH4.H2/c1-5-7-8-9-14-32(29,30)26-21-12-10-18(17(3)4)15-20(21)24-22(27)13-11-19(25(24)26)16-23(28)31-6-2;;/h1,10,12,15,17,19H,6,11,13,16H2,2-4H3;1H4;1H. The molecule has 0 aliphatic heterocycles. The average Bonchev–Trinajstić information content (AvgIpc) is 3.10. The van der Waals surface area contributed by atoms with Gasteiger partial charge in [-0.05, 0) is 48.8 Å². The second-order valence-electron chi connectivity index (χ2n) is 7.75. The number of carbonyl (C=O) groups is 2. The van der Waals surface area contributed by atoms with Crippen molar-refractivity contribution in [1.29, 1.82) is 0 Å². The Balaban J connectivity index is 0.00000289. The van der Waals surface area contributed by atoms with Crippen molar-refractivity contribution in [3.8, 4) is 35.4 Å². The largest absolute Gasteiger partial charge is 0.466 e. The zero-order valence-corrected chi connectivity index (χ0v) is 19.0. The minimum absolute atomic E-state index is 0. The average molecular weight is 468 g/mol. The second-order valence-corrected chi connectivity index (χ2v) is 9.27. The molecule has 1 unspecified atom stereocenters. The molecule has 0 amide bonds. The molecule has 1 heterocycles. The van der Waals surface area contributed by atoms with Crippen LogP contribution in [-0.2, 0) is 19.6 Å². The molecule has 174 valence electrons. The van der Waals surface area contributed by atoms with Gasteiger partial charge in [-0.15, -0.1) is 6.42 Å². The lowest BCUT2D eigenvalue weighted by Crippen LogP contribution is -2.24. The van der Waals surface area contributed by atoms with Crippen LogP contribution in [-0.4, -0.2) is 30.7 Å². The van der Waals surface area contributed by atoms with Gasteiger partial charge in [0.05, 0.1) is 29.5 Å². The molecular formula is C26H29NO5S. The SMILES string of the molecule is C.C#CC#CC#CS(=O)(=O)n1c2c(c3cc(C(C)C)ccc31)C(=O)CCC2CC(=O)OCC.[HH]. The molecule has 0 saturated heterocycles. The maximum Gasteiger partial charge on any atom is 0.309 e. The Morgan fingerprint density at radius 1 is 1.30 bits per heavy atom. The zero-order valence-electron chi connectivity index (χ0n) is 18.2. The molecule has 1 aliphatic rings. The molecule has 7 heteroatoms. The van der Waals surface area contributed by atoms with Crippen LogP contribution in [0.1, 0.15) is 82.3 Å². The number of benzene rings is 1. The van der Waals surface area contributed by atoms with Gasteiger partial charge in [-0.3, -0.25) is 9.59 Å². The van der Waals surface area contributed by atoms with Gasteiger partial charge >= 0.3 is 16.0 Å². The van der Waals surface area contributed by atoms with Gasteiger partial charge in [0, 0.05) is 36.6 Å². The quantitative estimate of drug-likeness (QED) is 0.480. The molecule has 3 rings (SSSR count). The van der Waals surface area contributed by atoms with Crippen molar-refractivity contribution in [3.05, 3.63) is 35.0 Å². The summed E-state index contributed by atoms with van der Waals surface area (Å²) in [7, 11) is -4.22. The summed E-state index contributed by atoms with van der Waals surface area (Å²) in [6.45, 7) is 5.95. The third-order valence-corrected chi connectivity index (χ3v) is 6.61. The van der Waals surface area contributed by atoms with E-state index < -0.39 is 21.9 Å². The summed E-state index contributed by atoms with van der Waals surface area (Å²) in [6, 6.07) is 5.37. The number of aromatic nitrogens is 1. The number of carbonyl (C=O) groups excluding carboxylic acids is 2. The number of Topliss-reactive ketones (excluding diaryl/α,β-unsaturated/α-hetero) is 1. The predicted molar refractivity (Wildman–Crippen MR) is 131 cm³/mol. The molecule has 1 aromatic heterocycles. The summed E-state index contributed by atoms with van der Waals surface area (Å²) in [5, 5.41) is 2.72. The maximum atomic E-state index is 13.3. The molecule has 1 aliphatic carbocycles. The number of ketones is 1. The molecule has 0 N–H and O–H groups in total. The molecular weight excluding hydrogens is 438 g/mol. The van der Waals surface area contributed by atoms with Crippen LogP contribution < -0.4 is 0 Å². The van der Waals surface area contributed by atoms with Gasteiger partial charge in [0.25, 0.3) is 0 Å². The number of ether oxygens (including phenoxy) is 1. The fourth-order valence-corrected chi connectivity index (χ4v) is 5.16. The highest BCUT2D eigenvalue weighted by Crippen LogP contribution is 2.42. The van der Waals surface area contributed by atoms with Crippen molar-refractivity contribution in [1.82, 2.24) is 3.97 Å². The summed E-state index contributed by atoms with van der Waals surface area (Å²) in [6.07, 6.45) is 5.60. The van der Waals surface area contributed by atoms with Crippen molar-refractivity contribution < 1.29 is 24.2 Å². The van der Waals surface area contributed by atoms with E-state index in [2.05, 4.69) is 28.9 Å². The third kappa shape index (κ3) is 5.14. The van der Waals surface area contributed by atoms with Crippen molar-refractivity contribution in [2.75, 3.05) is 6.61 Å². The van der Waals surface area contributed by atoms with E-state index in [1.54, 1.807) is 13.0 Å². The topological polar surface area (TPSA) is 82.4 Å². The molecule has 6 nitrogen and oxygen atoms in total. The van der Waals surface area contributed by atoms with Gasteiger partial charge < -0.3 is 4.74 Å². The summed E-state index contributed by atoms with van der Waals surface area (Å²) in [5.41, 5.74) is 1.94. The number of hydrogen-bond donors (Lipinski definition) is 0. The normalized spacial score (nSPS) is 14.8. The van der Waals surface area contributed by atoms with Gasteiger partial charge in [0.2, 0.25) is 0 Å². The van der Waals surface area contributed by atoms with E-state index >= 15 is 0 Å². The predicted octanol–water partition coefficient (Wildman–Crippen LogP) is 4.44. The van der Waals surface area contributed by atoms with Crippen molar-refractivity contribution >= 4 is 32.7 Å². The summed E-state index contributed by atoms with van der Waals surface area (Å²) in [5.74, 6) is 7.98. The van der Waals surface area contributed by atoms with E-state index in [0.29, 0.717) is 22.9 Å². The van der Waals surface area contributed by atoms with Crippen LogP contribution >= 0.6 is 0 Å². The van der Waals surface area contributed by atoms with Crippen LogP contribution in [0.5, 0.6) is 0 Å². The Morgan fingerprint density at radius 2 is 2.03 bits per heavy atom. The van der Waals surface area contributed by atoms with Gasteiger partial charge in [-0.25, -0.2) is 3.97 Å². The summed E-state index contributed by atoms with van der Waals surface area (Å²) in [4.78, 5) is 25.2. The maximum absolute atomic E-state index is 13.3. The monoisotopic (exact) mass is 467 g/mol. The van der Waals surface area contributed by atoms with Gasteiger partial charge in [-0.2, -0.15) is 8.42 Å². The Kier molecular flexibility index (Phi) is 8.15. The first kappa shape index (κ1) is 25.8. The minimum Gasteiger partial charge on any atom is -0.466 e. The van der Waals surface area contributed by atoms with Crippen LogP contribution in [0.25, 0.3) is 10.9 Å². The lowest BCUT2D eigenvalue weighted by Gasteiger charge is -2.23. The second kappa shape index (κ2) is 10.4. The first-order valence-corrected chi connectivity index (χ1v) is 11.7. The Morgan fingerprint density at radius 3 is 2.67 bits per heavy atom. The lowest BCUT2D eigenvalue weighted by molar-refractivity contribution is -0.143. The molecule has 0 radical (unpaired) electrons. The van der Waals surface area contributed by atoms with E-state index in [4.69, 9.17) is 11.2 Å². The van der Waals surface area contributed by atoms with Crippen LogP contribution in [0.2, 0.25) is 0 Å². The van der Waals surface area contributed by atoms with E-state index in [-0.39, 0.29) is 45.7 Å². The summed E-state index contributed by atoms with van der Waals surface area (Å²) >= 11 is 0. The van der Waals surface area contributed by atoms with E-state index in [1.165, 1.54) is 0 Å². The van der Waals surface area contributed by atoms with Crippen LogP contribution in [0.4, 0.5) is 0 Å². The first-order chi connectivity index (χ1) is 15.2. The first-order valence-electron chi connectivity index (χ1n) is 10.3. The zero-order chi connectivity index (χ0) is 23.5. The Hall–Kier alpha value is -3.47. The molecule has 0 fully saturated rings. The molecule has 1 aromatic carbocycles. The molecule has 33 heavy (non-hydrogen) atoms. The highest BCUT2D eigenvalue weighted by molar-refractivity contribution is 7.94. The van der Waals surface area contributed by atoms with Crippen molar-refractivity contribution in [2.45, 2.75) is 59.3 Å². The van der Waals surface area contributed by atoms with Crippen molar-refractivity contribution in [3.63, 3.8) is 0 Å². The van der Waals surface area contributed by atoms with Crippen LogP contribution in [0.3, 0.4) is 0 Å². The van der Waals surface area contributed by atoms with Crippen molar-refractivity contribution in [2.24, 2.45) is 0 Å². The minimum atomic E-state index is -4.22. The van der Waals surface area contributed by atoms with E-state index in [1.807, 2.05) is 26.0 Å². The van der Waals surface area contributed by atoms with Gasteiger partial charge in [0.1, 0.15) is 0 Å². The molecule has 0 saturated carbocycles. The number of terminal acetylenes is 1. The fourth-order valence-electron chi connectivity index (χ4n) is 3.97. The highest BCUT2D eigenvalue weighted by Gasteiger charge is 2.37. The number of rotatable bonds is 5. The third-order valence-electron chi connectivity index (χ3n) is 5.37. The molecule has 1 atom stereocenters. The van der Waals surface area contributed by atoms with Crippen LogP contribution in [0, 0.1) is 35.4 Å². The molecule has 0 bridgehead atoms. The summed E-state index contributed by atoms with van der Waals surface area (Å²) < 4.78 is 32.7. The Bertz CT molecular complexity index is 1370. The van der Waals surface area contributed by atoms with Gasteiger partial charge in [-0.1, -0.05) is 27.3 Å². The fraction of sp³-hybridized carbons (Fsp3) is 0.385. The smallest absolute Gasteiger partial charge is 0.309 e. The number of nitrogens with zero attached hydrogens (tertiary/aromatic N) is 1. The lowest BCUT2D eigenvalue weighted by atomic mass is 9.83. The van der Waals surface area contributed by atoms with E-state index in [0.717, 1.165) is 9.54 Å². The number of esters is 1. The number of fused-ring (bicyclic) bond motifs is 3. The molecule has 0 spiro atoms. The molecule has 2 aromatic rings. The Labute approximate surface area is 197 Å². The van der Waals surface area contributed by atoms with Crippen LogP contribution in [0.15, 0.2) is 18.2 Å². The highest BCUT2D eigenvalue weighted by atomic mass is 32.2. The van der Waals surface area contributed by atoms with Gasteiger partial charge in [0.15, 0.2) is 5.78 Å².